The summed E-state index contributed by atoms with van der Waals surface area (Å²) in [4.78, 5) is 25.8. The molecule has 146 valence electrons. The lowest BCUT2D eigenvalue weighted by Gasteiger charge is -2.21. The number of hydrogen-bond donors (Lipinski definition) is 2. The van der Waals surface area contributed by atoms with Gasteiger partial charge in [-0.2, -0.15) is 0 Å². The highest BCUT2D eigenvalue weighted by molar-refractivity contribution is 6.30. The van der Waals surface area contributed by atoms with Gasteiger partial charge >= 0.3 is 0 Å². The van der Waals surface area contributed by atoms with E-state index in [0.717, 1.165) is 24.0 Å². The molecule has 4 rings (SSSR count). The van der Waals surface area contributed by atoms with Gasteiger partial charge in [0.2, 0.25) is 5.91 Å². The molecule has 4 nitrogen and oxygen atoms in total. The zero-order valence-electron chi connectivity index (χ0n) is 15.8. The highest BCUT2D eigenvalue weighted by Gasteiger charge is 2.28. The molecular formula is C24H21ClN2O2. The van der Waals surface area contributed by atoms with Crippen molar-refractivity contribution in [3.05, 3.63) is 106 Å². The summed E-state index contributed by atoms with van der Waals surface area (Å²) in [6.45, 7) is 0. The van der Waals surface area contributed by atoms with Gasteiger partial charge in [-0.05, 0) is 53.8 Å². The van der Waals surface area contributed by atoms with E-state index in [1.807, 2.05) is 54.6 Å². The fraction of sp³-hybridized carbons (Fsp3) is 0.167. The zero-order valence-corrected chi connectivity index (χ0v) is 16.5. The normalized spacial score (nSPS) is 16.0. The first-order valence-electron chi connectivity index (χ1n) is 9.58. The topological polar surface area (TPSA) is 58.2 Å². The number of carbonyl (C=O) groups is 2. The van der Waals surface area contributed by atoms with E-state index in [1.54, 1.807) is 24.3 Å². The first-order chi connectivity index (χ1) is 14.1. The smallest absolute Gasteiger partial charge is 0.252 e. The van der Waals surface area contributed by atoms with Crippen molar-refractivity contribution in [1.82, 2.24) is 10.6 Å². The van der Waals surface area contributed by atoms with Crippen molar-refractivity contribution < 1.29 is 9.59 Å². The average molecular weight is 405 g/mol. The van der Waals surface area contributed by atoms with Crippen molar-refractivity contribution in [3.63, 3.8) is 0 Å². The van der Waals surface area contributed by atoms with Gasteiger partial charge in [-0.25, -0.2) is 0 Å². The molecule has 5 heteroatoms. The van der Waals surface area contributed by atoms with E-state index in [1.165, 1.54) is 5.56 Å². The van der Waals surface area contributed by atoms with E-state index in [9.17, 15) is 9.59 Å². The van der Waals surface area contributed by atoms with Gasteiger partial charge in [0.1, 0.15) is 6.04 Å². The molecule has 0 saturated heterocycles. The second-order valence-electron chi connectivity index (χ2n) is 7.21. The second kappa shape index (κ2) is 8.50. The summed E-state index contributed by atoms with van der Waals surface area (Å²) in [7, 11) is 0. The Labute approximate surface area is 174 Å². The Kier molecular flexibility index (Phi) is 5.63. The van der Waals surface area contributed by atoms with Crippen LogP contribution in [0.1, 0.15) is 33.1 Å². The molecule has 0 spiro atoms. The van der Waals surface area contributed by atoms with E-state index in [2.05, 4.69) is 10.6 Å². The molecular weight excluding hydrogens is 384 g/mol. The maximum absolute atomic E-state index is 13.1. The van der Waals surface area contributed by atoms with Gasteiger partial charge in [-0.1, -0.05) is 66.2 Å². The Morgan fingerprint density at radius 3 is 2.24 bits per heavy atom. The molecule has 2 N–H and O–H groups in total. The molecule has 2 amide bonds. The van der Waals surface area contributed by atoms with Crippen LogP contribution >= 0.6 is 11.6 Å². The summed E-state index contributed by atoms with van der Waals surface area (Å²) in [6.07, 6.45) is 1.49. The Morgan fingerprint density at radius 2 is 1.52 bits per heavy atom. The maximum atomic E-state index is 13.1. The number of halogens is 1. The van der Waals surface area contributed by atoms with Crippen LogP contribution in [-0.2, 0) is 17.6 Å². The highest BCUT2D eigenvalue weighted by Crippen LogP contribution is 2.26. The van der Waals surface area contributed by atoms with Crippen molar-refractivity contribution in [1.29, 1.82) is 0 Å². The monoisotopic (exact) mass is 404 g/mol. The standard InChI is InChI=1S/C24H21ClN2O2/c25-20-12-11-18-14-21(15-19(18)13-20)26-24(29)22(16-7-3-1-4-8-16)27-23(28)17-9-5-2-6-10-17/h1-13,21-22H,14-15H2,(H,26,29)(H,27,28). The van der Waals surface area contributed by atoms with Gasteiger partial charge in [0.25, 0.3) is 5.91 Å². The third-order valence-corrected chi connectivity index (χ3v) is 5.39. The Balaban J connectivity index is 1.50. The quantitative estimate of drug-likeness (QED) is 0.672. The predicted octanol–water partition coefficient (Wildman–Crippen LogP) is 4.09. The number of rotatable bonds is 5. The van der Waals surface area contributed by atoms with Gasteiger partial charge in [-0.15, -0.1) is 0 Å². The SMILES string of the molecule is O=C(NC(C(=O)NC1Cc2ccc(Cl)cc2C1)c1ccccc1)c1ccccc1. The van der Waals surface area contributed by atoms with E-state index >= 15 is 0 Å². The van der Waals surface area contributed by atoms with Crippen LogP contribution in [0.2, 0.25) is 5.02 Å². The Hall–Kier alpha value is -3.11. The van der Waals surface area contributed by atoms with Gasteiger partial charge in [0.15, 0.2) is 0 Å². The molecule has 3 aromatic rings. The van der Waals surface area contributed by atoms with Gasteiger partial charge < -0.3 is 10.6 Å². The number of fused-ring (bicyclic) bond motifs is 1. The molecule has 0 heterocycles. The summed E-state index contributed by atoms with van der Waals surface area (Å²) in [5.41, 5.74) is 3.62. The first kappa shape index (κ1) is 19.2. The zero-order chi connectivity index (χ0) is 20.2. The molecule has 2 atom stereocenters. The van der Waals surface area contributed by atoms with Crippen molar-refractivity contribution in [2.45, 2.75) is 24.9 Å². The van der Waals surface area contributed by atoms with Crippen LogP contribution in [0.25, 0.3) is 0 Å². The molecule has 2 unspecified atom stereocenters. The van der Waals surface area contributed by atoms with Crippen LogP contribution in [0.3, 0.4) is 0 Å². The van der Waals surface area contributed by atoms with E-state index in [-0.39, 0.29) is 17.9 Å². The van der Waals surface area contributed by atoms with Crippen LogP contribution in [0, 0.1) is 0 Å². The lowest BCUT2D eigenvalue weighted by molar-refractivity contribution is -0.123. The third-order valence-electron chi connectivity index (χ3n) is 5.15. The second-order valence-corrected chi connectivity index (χ2v) is 7.65. The minimum absolute atomic E-state index is 0.0178. The summed E-state index contributed by atoms with van der Waals surface area (Å²) in [6, 6.07) is 23.2. The summed E-state index contributed by atoms with van der Waals surface area (Å²) < 4.78 is 0. The van der Waals surface area contributed by atoms with E-state index in [0.29, 0.717) is 10.6 Å². The molecule has 0 radical (unpaired) electrons. The minimum atomic E-state index is -0.767. The summed E-state index contributed by atoms with van der Waals surface area (Å²) >= 11 is 6.09. The predicted molar refractivity (Wildman–Crippen MR) is 114 cm³/mol. The van der Waals surface area contributed by atoms with E-state index < -0.39 is 6.04 Å². The fourth-order valence-corrected chi connectivity index (χ4v) is 3.92. The van der Waals surface area contributed by atoms with Crippen molar-refractivity contribution in [2.24, 2.45) is 0 Å². The molecule has 0 aliphatic heterocycles. The number of amides is 2. The van der Waals surface area contributed by atoms with Crippen molar-refractivity contribution >= 4 is 23.4 Å². The average Bonchev–Trinajstić information content (AvgIpc) is 3.14. The van der Waals surface area contributed by atoms with E-state index in [4.69, 9.17) is 11.6 Å². The summed E-state index contributed by atoms with van der Waals surface area (Å²) in [5.74, 6) is -0.500. The molecule has 0 aromatic heterocycles. The van der Waals surface area contributed by atoms with Crippen molar-refractivity contribution in [3.8, 4) is 0 Å². The molecule has 1 aliphatic rings. The summed E-state index contributed by atoms with van der Waals surface area (Å²) in [5, 5.41) is 6.69. The van der Waals surface area contributed by atoms with Gasteiger partial charge in [0, 0.05) is 16.6 Å². The van der Waals surface area contributed by atoms with Crippen LogP contribution in [0.4, 0.5) is 0 Å². The number of benzene rings is 3. The van der Waals surface area contributed by atoms with Crippen LogP contribution in [0.5, 0.6) is 0 Å². The Morgan fingerprint density at radius 1 is 0.862 bits per heavy atom. The first-order valence-corrected chi connectivity index (χ1v) is 9.96. The fourth-order valence-electron chi connectivity index (χ4n) is 3.72. The van der Waals surface area contributed by atoms with Gasteiger partial charge in [-0.3, -0.25) is 9.59 Å². The van der Waals surface area contributed by atoms with Crippen molar-refractivity contribution in [2.75, 3.05) is 0 Å². The molecule has 0 fully saturated rings. The van der Waals surface area contributed by atoms with Gasteiger partial charge in [0.05, 0.1) is 0 Å². The van der Waals surface area contributed by atoms with Crippen LogP contribution < -0.4 is 10.6 Å². The third kappa shape index (κ3) is 4.49. The maximum Gasteiger partial charge on any atom is 0.252 e. The van der Waals surface area contributed by atoms with Crippen LogP contribution in [0.15, 0.2) is 78.9 Å². The number of hydrogen-bond acceptors (Lipinski definition) is 2. The van der Waals surface area contributed by atoms with Crippen LogP contribution in [-0.4, -0.2) is 17.9 Å². The molecule has 3 aromatic carbocycles. The largest absolute Gasteiger partial charge is 0.351 e. The molecule has 29 heavy (non-hydrogen) atoms. The lowest BCUT2D eigenvalue weighted by atomic mass is 10.0. The molecule has 1 aliphatic carbocycles. The number of nitrogens with one attached hydrogen (secondary N) is 2. The Bertz CT molecular complexity index is 1020. The molecule has 0 saturated carbocycles. The minimum Gasteiger partial charge on any atom is -0.351 e. The molecule has 0 bridgehead atoms. The number of carbonyl (C=O) groups excluding carboxylic acids is 2. The lowest BCUT2D eigenvalue weighted by Crippen LogP contribution is -2.44. The highest BCUT2D eigenvalue weighted by atomic mass is 35.5.